The Morgan fingerprint density at radius 1 is 1.35 bits per heavy atom. The van der Waals surface area contributed by atoms with E-state index >= 15 is 0 Å². The predicted octanol–water partition coefficient (Wildman–Crippen LogP) is 1.91. The Hall–Kier alpha value is -1.48. The number of halogens is 2. The van der Waals surface area contributed by atoms with E-state index in [9.17, 15) is 19.7 Å². The molecule has 0 aliphatic rings. The van der Waals surface area contributed by atoms with Gasteiger partial charge in [-0.1, -0.05) is 0 Å². The van der Waals surface area contributed by atoms with Crippen LogP contribution in [0.5, 0.6) is 0 Å². The highest BCUT2D eigenvalue weighted by molar-refractivity contribution is 9.13. The zero-order valence-electron chi connectivity index (χ0n) is 7.82. The number of fused-ring (bicyclic) bond motifs is 1. The normalized spacial score (nSPS) is 10.7. The van der Waals surface area contributed by atoms with Gasteiger partial charge in [-0.25, -0.2) is 4.79 Å². The number of nitrogens with zero attached hydrogens (tertiary/aromatic N) is 1. The number of nitro benzene ring substituents is 1. The second kappa shape index (κ2) is 4.08. The third kappa shape index (κ3) is 1.91. The van der Waals surface area contributed by atoms with Crippen molar-refractivity contribution in [3.05, 3.63) is 45.9 Å². The van der Waals surface area contributed by atoms with Crippen LogP contribution in [0.3, 0.4) is 0 Å². The summed E-state index contributed by atoms with van der Waals surface area (Å²) in [4.78, 5) is 34.4. The molecule has 1 aromatic carbocycles. The van der Waals surface area contributed by atoms with Crippen LogP contribution in [0.4, 0.5) is 5.69 Å². The van der Waals surface area contributed by atoms with Crippen molar-refractivity contribution in [2.24, 2.45) is 0 Å². The summed E-state index contributed by atoms with van der Waals surface area (Å²) in [5.41, 5.74) is -2.75. The monoisotopic (exact) mass is 364 g/mol. The molecule has 0 unspecified atom stereocenters. The zero-order valence-corrected chi connectivity index (χ0v) is 11.0. The smallest absolute Gasteiger partial charge is 0.402 e. The Morgan fingerprint density at radius 3 is 2.59 bits per heavy atom. The number of rotatable bonds is 1. The first-order valence-corrected chi connectivity index (χ1v) is 5.70. The van der Waals surface area contributed by atoms with Crippen LogP contribution in [-0.4, -0.2) is 9.91 Å². The van der Waals surface area contributed by atoms with E-state index in [-0.39, 0.29) is 21.3 Å². The molecule has 0 saturated heterocycles. The maximum atomic E-state index is 11.1. The van der Waals surface area contributed by atoms with Crippen LogP contribution in [0, 0.1) is 10.1 Å². The summed E-state index contributed by atoms with van der Waals surface area (Å²) in [5.74, 6) is 0. The van der Waals surface area contributed by atoms with E-state index in [0.717, 1.165) is 0 Å². The van der Waals surface area contributed by atoms with E-state index in [1.165, 1.54) is 6.07 Å². The molecule has 0 aliphatic heterocycles. The summed E-state index contributed by atoms with van der Waals surface area (Å²) in [7, 11) is 0. The minimum Gasteiger partial charge on any atom is -0.417 e. The van der Waals surface area contributed by atoms with Crippen LogP contribution in [-0.2, 0) is 0 Å². The van der Waals surface area contributed by atoms with Crippen molar-refractivity contribution in [3.8, 4) is 0 Å². The van der Waals surface area contributed by atoms with E-state index in [2.05, 4.69) is 41.3 Å². The average Bonchev–Trinajstić information content (AvgIpc) is 2.23. The van der Waals surface area contributed by atoms with Gasteiger partial charge < -0.3 is 9.40 Å². The highest BCUT2D eigenvalue weighted by atomic mass is 79.9. The second-order valence-corrected chi connectivity index (χ2v) is 4.64. The van der Waals surface area contributed by atoms with Crippen molar-refractivity contribution >= 4 is 48.6 Å². The minimum absolute atomic E-state index is 0.0728. The van der Waals surface area contributed by atoms with Gasteiger partial charge in [-0.2, -0.15) is 0 Å². The molecule has 88 valence electrons. The molecule has 0 atom stereocenters. The van der Waals surface area contributed by atoms with Crippen LogP contribution >= 0.6 is 31.9 Å². The van der Waals surface area contributed by atoms with Gasteiger partial charge in [0.2, 0.25) is 0 Å². The summed E-state index contributed by atoms with van der Waals surface area (Å²) >= 11 is 6.09. The fraction of sp³-hybridized carbons (Fsp3) is 0. The van der Waals surface area contributed by atoms with Crippen molar-refractivity contribution in [3.63, 3.8) is 0 Å². The first-order chi connectivity index (χ1) is 7.91. The van der Waals surface area contributed by atoms with Crippen LogP contribution in [0.2, 0.25) is 0 Å². The number of benzene rings is 1. The molecule has 2 rings (SSSR count). The molecule has 0 amide bonds. The summed E-state index contributed by atoms with van der Waals surface area (Å²) < 4.78 is 5.16. The number of nitro groups is 1. The van der Waals surface area contributed by atoms with Crippen molar-refractivity contribution < 1.29 is 9.34 Å². The highest BCUT2D eigenvalue weighted by Crippen LogP contribution is 2.37. The van der Waals surface area contributed by atoms with Gasteiger partial charge >= 0.3 is 16.9 Å². The molecule has 0 spiro atoms. The zero-order chi connectivity index (χ0) is 12.7. The molecular formula is C8H2Br2N2O5. The SMILES string of the molecule is O=c1[nH]c2c([N+](=O)[O-])c(Br)c(Br)cc2oc1=O. The molecule has 0 bridgehead atoms. The Balaban J connectivity index is 3.09. The van der Waals surface area contributed by atoms with Crippen molar-refractivity contribution in [1.29, 1.82) is 0 Å². The van der Waals surface area contributed by atoms with Crippen LogP contribution in [0.25, 0.3) is 11.1 Å². The van der Waals surface area contributed by atoms with E-state index in [1.807, 2.05) is 0 Å². The van der Waals surface area contributed by atoms with Gasteiger partial charge in [0, 0.05) is 4.47 Å². The number of hydrogen-bond acceptors (Lipinski definition) is 5. The van der Waals surface area contributed by atoms with E-state index in [1.54, 1.807) is 0 Å². The summed E-state index contributed by atoms with van der Waals surface area (Å²) in [6, 6.07) is 1.35. The van der Waals surface area contributed by atoms with Crippen LogP contribution in [0.15, 0.2) is 29.0 Å². The van der Waals surface area contributed by atoms with Gasteiger partial charge in [-0.15, -0.1) is 0 Å². The lowest BCUT2D eigenvalue weighted by Crippen LogP contribution is -2.25. The summed E-state index contributed by atoms with van der Waals surface area (Å²) in [6.07, 6.45) is 0. The van der Waals surface area contributed by atoms with E-state index in [4.69, 9.17) is 0 Å². The molecular weight excluding hydrogens is 364 g/mol. The first kappa shape index (κ1) is 12.0. The minimum atomic E-state index is -1.11. The van der Waals surface area contributed by atoms with E-state index in [0.29, 0.717) is 4.47 Å². The van der Waals surface area contributed by atoms with Gasteiger partial charge in [0.25, 0.3) is 0 Å². The van der Waals surface area contributed by atoms with Crippen molar-refractivity contribution in [1.82, 2.24) is 4.98 Å². The number of aromatic amines is 1. The molecule has 1 aromatic heterocycles. The molecule has 1 N–H and O–H groups in total. The maximum Gasteiger partial charge on any atom is 0.402 e. The number of hydrogen-bond donors (Lipinski definition) is 1. The molecule has 1 heterocycles. The lowest BCUT2D eigenvalue weighted by atomic mass is 10.3. The molecule has 0 fully saturated rings. The Labute approximate surface area is 109 Å². The average molecular weight is 366 g/mol. The lowest BCUT2D eigenvalue weighted by Gasteiger charge is -2.02. The fourth-order valence-electron chi connectivity index (χ4n) is 1.27. The fourth-order valence-corrected chi connectivity index (χ4v) is 2.13. The Morgan fingerprint density at radius 2 is 2.00 bits per heavy atom. The third-order valence-corrected chi connectivity index (χ3v) is 3.93. The van der Waals surface area contributed by atoms with Gasteiger partial charge in [-0.05, 0) is 37.9 Å². The Kier molecular flexibility index (Phi) is 2.87. The topological polar surface area (TPSA) is 106 Å². The molecule has 9 heteroatoms. The van der Waals surface area contributed by atoms with Crippen molar-refractivity contribution in [2.75, 3.05) is 0 Å². The standard InChI is InChI=1S/C8H2Br2N2O5/c9-2-1-3-5(6(4(2)10)12(15)16)11-7(13)8(14)17-3/h1H,(H,11,13). The van der Waals surface area contributed by atoms with Gasteiger partial charge in [0.15, 0.2) is 11.1 Å². The quantitative estimate of drug-likeness (QED) is 0.472. The maximum absolute atomic E-state index is 11.1. The summed E-state index contributed by atoms with van der Waals surface area (Å²) in [5, 5.41) is 10.9. The molecule has 0 saturated carbocycles. The van der Waals surface area contributed by atoms with Crippen LogP contribution < -0.4 is 11.2 Å². The molecule has 0 radical (unpaired) electrons. The highest BCUT2D eigenvalue weighted by Gasteiger charge is 2.22. The summed E-state index contributed by atoms with van der Waals surface area (Å²) in [6.45, 7) is 0. The predicted molar refractivity (Wildman–Crippen MR) is 65.2 cm³/mol. The lowest BCUT2D eigenvalue weighted by molar-refractivity contribution is -0.384. The first-order valence-electron chi connectivity index (χ1n) is 4.11. The Bertz CT molecular complexity index is 748. The third-order valence-electron chi connectivity index (χ3n) is 1.97. The van der Waals surface area contributed by atoms with Gasteiger partial charge in [-0.3, -0.25) is 14.9 Å². The van der Waals surface area contributed by atoms with Crippen molar-refractivity contribution in [2.45, 2.75) is 0 Å². The molecule has 17 heavy (non-hydrogen) atoms. The van der Waals surface area contributed by atoms with Crippen LogP contribution in [0.1, 0.15) is 0 Å². The second-order valence-electron chi connectivity index (χ2n) is 2.99. The number of aromatic nitrogens is 1. The molecule has 0 aliphatic carbocycles. The number of H-pyrrole nitrogens is 1. The molecule has 2 aromatic rings. The number of nitrogens with one attached hydrogen (secondary N) is 1. The van der Waals surface area contributed by atoms with Gasteiger partial charge in [0.1, 0.15) is 4.47 Å². The molecule has 7 nitrogen and oxygen atoms in total. The van der Waals surface area contributed by atoms with Gasteiger partial charge in [0.05, 0.1) is 4.92 Å². The van der Waals surface area contributed by atoms with E-state index < -0.39 is 16.1 Å². The largest absolute Gasteiger partial charge is 0.417 e.